The molecule has 192 valence electrons. The van der Waals surface area contributed by atoms with E-state index in [9.17, 15) is 18.0 Å². The molecule has 3 aliphatic rings. The van der Waals surface area contributed by atoms with E-state index >= 15 is 0 Å². The topological polar surface area (TPSA) is 117 Å². The van der Waals surface area contributed by atoms with Crippen LogP contribution in [0, 0.1) is 11.8 Å². The number of rotatable bonds is 7. The standard InChI is InChI=1S/C25H36N4O5S/c1-17-4-6-20(7-5-17)23-27-24(31)25(28-23)11-13-29(14-12-25)35(32,33)15-10-19-8-9-21(26-18(2)30)16-22(19)34-3/h8-9,16-17,20H,4-7,10-15H2,1-3H3,(H,26,30)(H,27,28,31). The van der Waals surface area contributed by atoms with Crippen LogP contribution in [0.4, 0.5) is 5.69 Å². The molecule has 2 heterocycles. The van der Waals surface area contributed by atoms with E-state index in [0.717, 1.165) is 43.0 Å². The van der Waals surface area contributed by atoms with E-state index in [1.54, 1.807) is 18.2 Å². The molecule has 0 aromatic heterocycles. The van der Waals surface area contributed by atoms with Gasteiger partial charge in [-0.3, -0.25) is 14.6 Å². The molecule has 0 unspecified atom stereocenters. The number of methoxy groups -OCH3 is 1. The van der Waals surface area contributed by atoms with Gasteiger partial charge in [0, 0.05) is 37.7 Å². The molecule has 2 aliphatic heterocycles. The lowest BCUT2D eigenvalue weighted by atomic mass is 9.82. The monoisotopic (exact) mass is 504 g/mol. The molecule has 35 heavy (non-hydrogen) atoms. The molecule has 1 saturated carbocycles. The Labute approximate surface area is 207 Å². The Bertz CT molecular complexity index is 1100. The van der Waals surface area contributed by atoms with Gasteiger partial charge in [0.2, 0.25) is 15.9 Å². The van der Waals surface area contributed by atoms with Crippen molar-refractivity contribution in [3.05, 3.63) is 23.8 Å². The number of hydrogen-bond acceptors (Lipinski definition) is 6. The van der Waals surface area contributed by atoms with Crippen LogP contribution in [0.5, 0.6) is 5.75 Å². The lowest BCUT2D eigenvalue weighted by molar-refractivity contribution is -0.125. The molecule has 1 spiro atoms. The van der Waals surface area contributed by atoms with Crippen LogP contribution < -0.4 is 15.4 Å². The van der Waals surface area contributed by atoms with Crippen LogP contribution in [-0.4, -0.2) is 61.9 Å². The molecular weight excluding hydrogens is 468 g/mol. The number of nitrogens with one attached hydrogen (secondary N) is 2. The van der Waals surface area contributed by atoms with Crippen LogP contribution in [0.1, 0.15) is 57.9 Å². The van der Waals surface area contributed by atoms with Crippen molar-refractivity contribution in [2.45, 2.75) is 64.3 Å². The predicted octanol–water partition coefficient (Wildman–Crippen LogP) is 2.72. The highest BCUT2D eigenvalue weighted by molar-refractivity contribution is 7.89. The zero-order valence-corrected chi connectivity index (χ0v) is 21.6. The van der Waals surface area contributed by atoms with Gasteiger partial charge in [0.15, 0.2) is 0 Å². The summed E-state index contributed by atoms with van der Waals surface area (Å²) in [5, 5.41) is 5.73. The average molecular weight is 505 g/mol. The molecule has 2 amide bonds. The largest absolute Gasteiger partial charge is 0.496 e. The van der Waals surface area contributed by atoms with Crippen LogP contribution in [-0.2, 0) is 26.0 Å². The smallest absolute Gasteiger partial charge is 0.253 e. The molecule has 10 heteroatoms. The highest BCUT2D eigenvalue weighted by Crippen LogP contribution is 2.36. The fraction of sp³-hybridized carbons (Fsp3) is 0.640. The van der Waals surface area contributed by atoms with Crippen molar-refractivity contribution in [2.24, 2.45) is 16.8 Å². The second-order valence-corrected chi connectivity index (χ2v) is 12.2. The Balaban J connectivity index is 1.37. The molecule has 1 aromatic rings. The summed E-state index contributed by atoms with van der Waals surface area (Å²) in [5.74, 6) is 2.05. The third-order valence-electron chi connectivity index (χ3n) is 7.58. The number of carbonyl (C=O) groups excluding carboxylic acids is 2. The maximum atomic E-state index is 13.1. The highest BCUT2D eigenvalue weighted by atomic mass is 32.2. The van der Waals surface area contributed by atoms with Gasteiger partial charge in [-0.15, -0.1) is 0 Å². The fourth-order valence-corrected chi connectivity index (χ4v) is 6.82. The summed E-state index contributed by atoms with van der Waals surface area (Å²) in [4.78, 5) is 29.0. The Morgan fingerprint density at radius 1 is 1.23 bits per heavy atom. The predicted molar refractivity (Wildman–Crippen MR) is 135 cm³/mol. The Hall–Kier alpha value is -2.46. The lowest BCUT2D eigenvalue weighted by Crippen LogP contribution is -2.51. The van der Waals surface area contributed by atoms with Gasteiger partial charge in [-0.2, -0.15) is 0 Å². The maximum Gasteiger partial charge on any atom is 0.253 e. The molecular formula is C25H36N4O5S. The second-order valence-electron chi connectivity index (χ2n) is 10.1. The number of benzene rings is 1. The number of anilines is 1. The molecule has 1 saturated heterocycles. The maximum absolute atomic E-state index is 13.1. The molecule has 9 nitrogen and oxygen atoms in total. The third kappa shape index (κ3) is 5.69. The number of nitrogens with zero attached hydrogens (tertiary/aromatic N) is 2. The van der Waals surface area contributed by atoms with Gasteiger partial charge in [-0.1, -0.05) is 25.8 Å². The zero-order valence-electron chi connectivity index (χ0n) is 20.8. The van der Waals surface area contributed by atoms with Gasteiger partial charge in [0.1, 0.15) is 17.1 Å². The Morgan fingerprint density at radius 2 is 1.91 bits per heavy atom. The third-order valence-corrected chi connectivity index (χ3v) is 9.45. The van der Waals surface area contributed by atoms with E-state index in [2.05, 4.69) is 17.6 Å². The summed E-state index contributed by atoms with van der Waals surface area (Å²) in [6.45, 7) is 4.26. The van der Waals surface area contributed by atoms with E-state index < -0.39 is 15.6 Å². The number of sulfonamides is 1. The van der Waals surface area contributed by atoms with Crippen molar-refractivity contribution in [3.63, 3.8) is 0 Å². The van der Waals surface area contributed by atoms with E-state index in [0.29, 0.717) is 30.2 Å². The van der Waals surface area contributed by atoms with E-state index in [-0.39, 0.29) is 37.1 Å². The van der Waals surface area contributed by atoms with Crippen LogP contribution in [0.3, 0.4) is 0 Å². The van der Waals surface area contributed by atoms with Crippen molar-refractivity contribution in [2.75, 3.05) is 31.3 Å². The van der Waals surface area contributed by atoms with E-state index in [4.69, 9.17) is 9.73 Å². The van der Waals surface area contributed by atoms with Gasteiger partial charge in [-0.05, 0) is 49.7 Å². The fourth-order valence-electron chi connectivity index (χ4n) is 5.34. The molecule has 4 rings (SSSR count). The van der Waals surface area contributed by atoms with Gasteiger partial charge in [0.25, 0.3) is 5.91 Å². The summed E-state index contributed by atoms with van der Waals surface area (Å²) < 4.78 is 33.1. The molecule has 1 aromatic carbocycles. The first kappa shape index (κ1) is 25.6. The Kier molecular flexibility index (Phi) is 7.51. The number of aliphatic imine (C=N–C) groups is 1. The summed E-state index contributed by atoms with van der Waals surface area (Å²) >= 11 is 0. The van der Waals surface area contributed by atoms with E-state index in [1.165, 1.54) is 18.3 Å². The van der Waals surface area contributed by atoms with Crippen LogP contribution in [0.2, 0.25) is 0 Å². The second kappa shape index (κ2) is 10.3. The van der Waals surface area contributed by atoms with Gasteiger partial charge < -0.3 is 15.4 Å². The number of ether oxygens (including phenoxy) is 1. The van der Waals surface area contributed by atoms with Gasteiger partial charge >= 0.3 is 0 Å². The minimum absolute atomic E-state index is 0.0587. The van der Waals surface area contributed by atoms with Crippen LogP contribution in [0.25, 0.3) is 0 Å². The molecule has 0 radical (unpaired) electrons. The van der Waals surface area contributed by atoms with Crippen LogP contribution >= 0.6 is 0 Å². The number of hydrogen-bond donors (Lipinski definition) is 2. The van der Waals surface area contributed by atoms with Crippen molar-refractivity contribution >= 4 is 33.4 Å². The summed E-state index contributed by atoms with van der Waals surface area (Å²) in [6.07, 6.45) is 5.49. The molecule has 0 bridgehead atoms. The summed E-state index contributed by atoms with van der Waals surface area (Å²) in [7, 11) is -1.99. The van der Waals surface area contributed by atoms with Crippen molar-refractivity contribution < 1.29 is 22.7 Å². The first-order valence-electron chi connectivity index (χ1n) is 12.5. The summed E-state index contributed by atoms with van der Waals surface area (Å²) in [6, 6.07) is 5.20. The van der Waals surface area contributed by atoms with Crippen LogP contribution in [0.15, 0.2) is 23.2 Å². The van der Waals surface area contributed by atoms with Crippen molar-refractivity contribution in [3.8, 4) is 5.75 Å². The van der Waals surface area contributed by atoms with Crippen molar-refractivity contribution in [1.82, 2.24) is 9.62 Å². The minimum Gasteiger partial charge on any atom is -0.496 e. The molecule has 1 aliphatic carbocycles. The van der Waals surface area contributed by atoms with Gasteiger partial charge in [0.05, 0.1) is 12.9 Å². The number of carbonyl (C=O) groups is 2. The number of piperidine rings is 1. The molecule has 0 atom stereocenters. The summed E-state index contributed by atoms with van der Waals surface area (Å²) in [5.41, 5.74) is 0.525. The molecule has 2 N–H and O–H groups in total. The number of aryl methyl sites for hydroxylation is 1. The normalized spacial score (nSPS) is 24.7. The van der Waals surface area contributed by atoms with Gasteiger partial charge in [-0.25, -0.2) is 12.7 Å². The highest BCUT2D eigenvalue weighted by Gasteiger charge is 2.48. The number of amidine groups is 1. The molecule has 2 fully saturated rings. The first-order valence-corrected chi connectivity index (χ1v) is 14.1. The zero-order chi connectivity index (χ0) is 25.2. The quantitative estimate of drug-likeness (QED) is 0.592. The number of amides is 2. The SMILES string of the molecule is COc1cc(NC(C)=O)ccc1CCS(=O)(=O)N1CCC2(CC1)N=C(C1CCC(C)CC1)NC2=O. The first-order chi connectivity index (χ1) is 16.6. The Morgan fingerprint density at radius 3 is 2.54 bits per heavy atom. The average Bonchev–Trinajstić information content (AvgIpc) is 3.13. The van der Waals surface area contributed by atoms with Crippen molar-refractivity contribution in [1.29, 1.82) is 0 Å². The lowest BCUT2D eigenvalue weighted by Gasteiger charge is -2.34. The minimum atomic E-state index is -3.51. The van der Waals surface area contributed by atoms with E-state index in [1.807, 2.05) is 0 Å².